The third-order valence-corrected chi connectivity index (χ3v) is 3.53. The number of aromatic amines is 1. The molecule has 0 aromatic carbocycles. The molecule has 7 heteroatoms. The van der Waals surface area contributed by atoms with Crippen molar-refractivity contribution < 1.29 is 12.6 Å². The van der Waals surface area contributed by atoms with Crippen LogP contribution in [0.5, 0.6) is 0 Å². The monoisotopic (exact) mass is 269 g/mol. The third-order valence-electron chi connectivity index (χ3n) is 2.38. The molecule has 2 aromatic heterocycles. The van der Waals surface area contributed by atoms with Gasteiger partial charge in [0.15, 0.2) is 5.65 Å². The number of pyridine rings is 1. The van der Waals surface area contributed by atoms with Gasteiger partial charge in [-0.3, -0.25) is 4.18 Å². The first-order chi connectivity index (χ1) is 8.61. The van der Waals surface area contributed by atoms with Crippen molar-refractivity contribution in [2.24, 2.45) is 0 Å². The summed E-state index contributed by atoms with van der Waals surface area (Å²) in [6.07, 6.45) is 3.23. The fourth-order valence-electron chi connectivity index (χ4n) is 1.50. The molecule has 2 aromatic rings. The molecule has 0 saturated carbocycles. The molecule has 0 saturated heterocycles. The Hall–Kier alpha value is -1.47. The molecule has 1 N–H and O–H groups in total. The van der Waals surface area contributed by atoms with Crippen LogP contribution in [0, 0.1) is 0 Å². The molecule has 2 heterocycles. The maximum absolute atomic E-state index is 11.6. The van der Waals surface area contributed by atoms with Gasteiger partial charge < -0.3 is 4.98 Å². The summed E-state index contributed by atoms with van der Waals surface area (Å²) in [5.74, 6) is 0.0905. The normalized spacial score (nSPS) is 12.1. The Morgan fingerprint density at radius 2 is 2.28 bits per heavy atom. The lowest BCUT2D eigenvalue weighted by atomic mass is 10.4. The molecule has 6 nitrogen and oxygen atoms in total. The quantitative estimate of drug-likeness (QED) is 0.636. The summed E-state index contributed by atoms with van der Waals surface area (Å²) in [7, 11) is -3.58. The van der Waals surface area contributed by atoms with Gasteiger partial charge in [-0.1, -0.05) is 13.3 Å². The average Bonchev–Trinajstić information content (AvgIpc) is 2.70. The van der Waals surface area contributed by atoms with Crippen LogP contribution in [0.4, 0.5) is 0 Å². The highest BCUT2D eigenvalue weighted by atomic mass is 32.2. The van der Waals surface area contributed by atoms with Crippen LogP contribution in [0.2, 0.25) is 0 Å². The molecule has 2 rings (SSSR count). The van der Waals surface area contributed by atoms with E-state index in [1.165, 1.54) is 0 Å². The molecule has 0 bridgehead atoms. The van der Waals surface area contributed by atoms with Crippen LogP contribution >= 0.6 is 0 Å². The van der Waals surface area contributed by atoms with Crippen molar-refractivity contribution in [3.8, 4) is 0 Å². The zero-order valence-corrected chi connectivity index (χ0v) is 10.9. The predicted molar refractivity (Wildman–Crippen MR) is 67.4 cm³/mol. The van der Waals surface area contributed by atoms with Gasteiger partial charge in [-0.05, 0) is 18.6 Å². The van der Waals surface area contributed by atoms with E-state index in [-0.39, 0.29) is 12.4 Å². The summed E-state index contributed by atoms with van der Waals surface area (Å²) in [5, 5.41) is 0. The number of H-pyrrole nitrogens is 1. The van der Waals surface area contributed by atoms with Gasteiger partial charge in [0.05, 0.1) is 12.1 Å². The summed E-state index contributed by atoms with van der Waals surface area (Å²) in [5.41, 5.74) is 1.23. The number of nitrogens with one attached hydrogen (secondary N) is 1. The van der Waals surface area contributed by atoms with Crippen LogP contribution in [-0.2, 0) is 20.1 Å². The van der Waals surface area contributed by atoms with Gasteiger partial charge in [0.2, 0.25) is 0 Å². The van der Waals surface area contributed by atoms with Crippen molar-refractivity contribution >= 4 is 21.3 Å². The zero-order chi connectivity index (χ0) is 13.0. The smallest absolute Gasteiger partial charge is 0.274 e. The number of aromatic nitrogens is 3. The van der Waals surface area contributed by atoms with Crippen molar-refractivity contribution in [3.63, 3.8) is 0 Å². The minimum absolute atomic E-state index is 0.220. The Balaban J connectivity index is 2.08. The van der Waals surface area contributed by atoms with E-state index in [4.69, 9.17) is 4.18 Å². The van der Waals surface area contributed by atoms with E-state index in [1.807, 2.05) is 6.92 Å². The highest BCUT2D eigenvalue weighted by molar-refractivity contribution is 7.85. The summed E-state index contributed by atoms with van der Waals surface area (Å²) < 4.78 is 28.2. The molecule has 0 aliphatic rings. The molecule has 18 heavy (non-hydrogen) atoms. The second-order valence-electron chi connectivity index (χ2n) is 3.94. The van der Waals surface area contributed by atoms with Gasteiger partial charge in [-0.15, -0.1) is 0 Å². The predicted octanol–water partition coefficient (Wildman–Crippen LogP) is 1.60. The maximum Gasteiger partial charge on any atom is 0.274 e. The summed E-state index contributed by atoms with van der Waals surface area (Å²) in [6.45, 7) is 2.19. The number of hydrogen-bond donors (Lipinski definition) is 1. The van der Waals surface area contributed by atoms with Crippen molar-refractivity contribution in [3.05, 3.63) is 24.2 Å². The summed E-state index contributed by atoms with van der Waals surface area (Å²) in [6, 6.07) is 3.56. The SMILES string of the molecule is CCCCOS(=O)(=O)Cc1nc2ncccc2[nH]1. The van der Waals surface area contributed by atoms with Crippen molar-refractivity contribution in [2.45, 2.75) is 25.5 Å². The van der Waals surface area contributed by atoms with Crippen LogP contribution < -0.4 is 0 Å². The van der Waals surface area contributed by atoms with E-state index in [2.05, 4.69) is 15.0 Å². The molecule has 0 unspecified atom stereocenters. The molecule has 0 aliphatic carbocycles. The van der Waals surface area contributed by atoms with Gasteiger partial charge in [-0.25, -0.2) is 9.97 Å². The highest BCUT2D eigenvalue weighted by Crippen LogP contribution is 2.11. The maximum atomic E-state index is 11.6. The molecular weight excluding hydrogens is 254 g/mol. The summed E-state index contributed by atoms with van der Waals surface area (Å²) >= 11 is 0. The van der Waals surface area contributed by atoms with Crippen molar-refractivity contribution in [1.82, 2.24) is 15.0 Å². The fourth-order valence-corrected chi connectivity index (χ4v) is 2.43. The van der Waals surface area contributed by atoms with E-state index in [0.717, 1.165) is 18.4 Å². The Morgan fingerprint density at radius 1 is 1.44 bits per heavy atom. The van der Waals surface area contributed by atoms with Gasteiger partial charge >= 0.3 is 0 Å². The van der Waals surface area contributed by atoms with Crippen LogP contribution in [-0.4, -0.2) is 30.0 Å². The molecule has 0 aliphatic heterocycles. The van der Waals surface area contributed by atoms with Gasteiger partial charge in [0, 0.05) is 6.20 Å². The molecule has 0 amide bonds. The lowest BCUT2D eigenvalue weighted by Crippen LogP contribution is -2.10. The fraction of sp³-hybridized carbons (Fsp3) is 0.455. The lowest BCUT2D eigenvalue weighted by molar-refractivity contribution is 0.310. The number of fused-ring (bicyclic) bond motifs is 1. The zero-order valence-electron chi connectivity index (χ0n) is 10.1. The van der Waals surface area contributed by atoms with Crippen LogP contribution in [0.15, 0.2) is 18.3 Å². The molecule has 0 atom stereocenters. The van der Waals surface area contributed by atoms with Crippen molar-refractivity contribution in [1.29, 1.82) is 0 Å². The number of nitrogens with zero attached hydrogens (tertiary/aromatic N) is 2. The van der Waals surface area contributed by atoms with E-state index >= 15 is 0 Å². The molecular formula is C11H15N3O3S. The van der Waals surface area contributed by atoms with E-state index in [1.54, 1.807) is 18.3 Å². The second kappa shape index (κ2) is 5.45. The lowest BCUT2D eigenvalue weighted by Gasteiger charge is -2.02. The van der Waals surface area contributed by atoms with Gasteiger partial charge in [0.25, 0.3) is 10.1 Å². The minimum Gasteiger partial charge on any atom is -0.340 e. The molecule has 98 valence electrons. The van der Waals surface area contributed by atoms with Crippen molar-refractivity contribution in [2.75, 3.05) is 6.61 Å². The van der Waals surface area contributed by atoms with E-state index in [0.29, 0.717) is 11.5 Å². The largest absolute Gasteiger partial charge is 0.340 e. The number of unbranched alkanes of at least 4 members (excludes halogenated alkanes) is 1. The Morgan fingerprint density at radius 3 is 3.00 bits per heavy atom. The topological polar surface area (TPSA) is 84.9 Å². The first-order valence-electron chi connectivity index (χ1n) is 5.77. The number of imidazole rings is 1. The number of hydrogen-bond acceptors (Lipinski definition) is 5. The Labute approximate surface area is 106 Å². The molecule has 0 fully saturated rings. The number of rotatable bonds is 6. The minimum atomic E-state index is -3.58. The third kappa shape index (κ3) is 3.27. The molecule has 0 radical (unpaired) electrons. The van der Waals surface area contributed by atoms with E-state index in [9.17, 15) is 8.42 Å². The van der Waals surface area contributed by atoms with E-state index < -0.39 is 10.1 Å². The Bertz CT molecular complexity index is 588. The second-order valence-corrected chi connectivity index (χ2v) is 5.58. The first-order valence-corrected chi connectivity index (χ1v) is 7.35. The highest BCUT2D eigenvalue weighted by Gasteiger charge is 2.15. The average molecular weight is 269 g/mol. The summed E-state index contributed by atoms with van der Waals surface area (Å²) in [4.78, 5) is 11.0. The first kappa shape index (κ1) is 13.0. The Kier molecular flexibility index (Phi) is 3.93. The molecule has 0 spiro atoms. The van der Waals surface area contributed by atoms with Crippen LogP contribution in [0.3, 0.4) is 0 Å². The van der Waals surface area contributed by atoms with Gasteiger partial charge in [-0.2, -0.15) is 8.42 Å². The van der Waals surface area contributed by atoms with Crippen LogP contribution in [0.1, 0.15) is 25.6 Å². The van der Waals surface area contributed by atoms with Crippen LogP contribution in [0.25, 0.3) is 11.2 Å². The standard InChI is InChI=1S/C11H15N3O3S/c1-2-3-7-17-18(15,16)8-10-13-9-5-4-6-12-11(9)14-10/h4-6H,2-3,7-8H2,1H3,(H,12,13,14). The van der Waals surface area contributed by atoms with Gasteiger partial charge in [0.1, 0.15) is 11.6 Å².